The molecule has 0 fully saturated rings. The normalized spacial score (nSPS) is 12.9. The minimum Gasteiger partial charge on any atom is -0.481 e. The summed E-state index contributed by atoms with van der Waals surface area (Å²) in [6, 6.07) is 7.87. The van der Waals surface area contributed by atoms with Gasteiger partial charge in [0.1, 0.15) is 6.04 Å². The number of aliphatic carboxylic acids is 1. The number of aryl methyl sites for hydroxylation is 4. The minimum absolute atomic E-state index is 0.140. The van der Waals surface area contributed by atoms with E-state index in [-0.39, 0.29) is 17.9 Å². The SMILES string of the molecule is Cc1cc(=O)n(C(CC(C)C)C(=O)N[C@@H](CC(=O)O)c2cncc(-c3c(C)cccc3C)c2)cc1C. The second-order valence-electron chi connectivity index (χ2n) is 9.96. The Morgan fingerprint density at radius 1 is 1.00 bits per heavy atom. The molecule has 7 heteroatoms. The third-order valence-corrected chi connectivity index (χ3v) is 6.51. The number of pyridine rings is 2. The number of carboxylic acids is 1. The molecular weight excluding hydrogens is 454 g/mol. The van der Waals surface area contributed by atoms with Crippen LogP contribution in [0.5, 0.6) is 0 Å². The van der Waals surface area contributed by atoms with Gasteiger partial charge in [-0.1, -0.05) is 32.0 Å². The summed E-state index contributed by atoms with van der Waals surface area (Å²) >= 11 is 0. The summed E-state index contributed by atoms with van der Waals surface area (Å²) in [5.74, 6) is -1.29. The molecule has 1 amide bonds. The van der Waals surface area contributed by atoms with Gasteiger partial charge in [0.2, 0.25) is 5.91 Å². The number of carboxylic acid groups (broad SMARTS) is 1. The number of hydrogen-bond donors (Lipinski definition) is 2. The van der Waals surface area contributed by atoms with Crippen molar-refractivity contribution in [2.24, 2.45) is 5.92 Å². The number of hydrogen-bond acceptors (Lipinski definition) is 4. The minimum atomic E-state index is -1.04. The maximum absolute atomic E-state index is 13.6. The molecule has 1 aromatic carbocycles. The summed E-state index contributed by atoms with van der Waals surface area (Å²) in [6.07, 6.45) is 5.17. The zero-order valence-electron chi connectivity index (χ0n) is 21.8. The largest absolute Gasteiger partial charge is 0.481 e. The van der Waals surface area contributed by atoms with Gasteiger partial charge in [-0.05, 0) is 79.5 Å². The predicted molar refractivity (Wildman–Crippen MR) is 141 cm³/mol. The third kappa shape index (κ3) is 6.27. The van der Waals surface area contributed by atoms with Gasteiger partial charge in [0, 0.05) is 30.2 Å². The molecule has 7 nitrogen and oxygen atoms in total. The molecule has 2 heterocycles. The standard InChI is InChI=1S/C29H35N3O4/c1-17(2)10-25(32-16-21(6)20(5)11-26(32)33)29(36)31-24(13-27(34)35)22-12-23(15-30-14-22)28-18(3)8-7-9-19(28)4/h7-9,11-12,14-17,24-25H,10,13H2,1-6H3,(H,31,36)(H,34,35)/t24-,25?/m0/s1. The van der Waals surface area contributed by atoms with Crippen molar-refractivity contribution in [1.29, 1.82) is 0 Å². The summed E-state index contributed by atoms with van der Waals surface area (Å²) in [5, 5.41) is 12.5. The Labute approximate surface area is 212 Å². The molecule has 2 aromatic heterocycles. The Kier molecular flexibility index (Phi) is 8.45. The topological polar surface area (TPSA) is 101 Å². The first kappa shape index (κ1) is 26.9. The van der Waals surface area contributed by atoms with Crippen LogP contribution in [0.2, 0.25) is 0 Å². The van der Waals surface area contributed by atoms with E-state index in [9.17, 15) is 19.5 Å². The van der Waals surface area contributed by atoms with E-state index in [2.05, 4.69) is 10.3 Å². The van der Waals surface area contributed by atoms with Crippen molar-refractivity contribution < 1.29 is 14.7 Å². The summed E-state index contributed by atoms with van der Waals surface area (Å²) in [6.45, 7) is 11.8. The van der Waals surface area contributed by atoms with Crippen molar-refractivity contribution in [2.45, 2.75) is 66.5 Å². The number of rotatable bonds is 9. The summed E-state index contributed by atoms with van der Waals surface area (Å²) in [5.41, 5.74) is 6.16. The summed E-state index contributed by atoms with van der Waals surface area (Å²) in [7, 11) is 0. The molecule has 0 bridgehead atoms. The quantitative estimate of drug-likeness (QED) is 0.437. The van der Waals surface area contributed by atoms with Crippen LogP contribution in [0.3, 0.4) is 0 Å². The van der Waals surface area contributed by atoms with Crippen LogP contribution >= 0.6 is 0 Å². The van der Waals surface area contributed by atoms with Crippen LogP contribution in [0, 0.1) is 33.6 Å². The Morgan fingerprint density at radius 2 is 1.67 bits per heavy atom. The highest BCUT2D eigenvalue weighted by Gasteiger charge is 2.27. The Bertz CT molecular complexity index is 1310. The molecule has 0 aliphatic rings. The van der Waals surface area contributed by atoms with Crippen LogP contribution < -0.4 is 10.9 Å². The fraction of sp³-hybridized carbons (Fsp3) is 0.379. The highest BCUT2D eigenvalue weighted by molar-refractivity contribution is 5.82. The molecular formula is C29H35N3O4. The van der Waals surface area contributed by atoms with Crippen LogP contribution in [0.4, 0.5) is 0 Å². The molecule has 0 aliphatic carbocycles. The van der Waals surface area contributed by atoms with E-state index in [0.717, 1.165) is 33.4 Å². The number of amides is 1. The molecule has 3 rings (SSSR count). The van der Waals surface area contributed by atoms with Crippen LogP contribution in [-0.4, -0.2) is 26.5 Å². The van der Waals surface area contributed by atoms with Gasteiger partial charge in [-0.3, -0.25) is 19.4 Å². The van der Waals surface area contributed by atoms with Crippen molar-refractivity contribution in [3.63, 3.8) is 0 Å². The van der Waals surface area contributed by atoms with Gasteiger partial charge in [-0.25, -0.2) is 0 Å². The first-order valence-corrected chi connectivity index (χ1v) is 12.2. The van der Waals surface area contributed by atoms with Crippen molar-refractivity contribution in [2.75, 3.05) is 0 Å². The van der Waals surface area contributed by atoms with Gasteiger partial charge in [-0.2, -0.15) is 0 Å². The molecule has 0 radical (unpaired) electrons. The predicted octanol–water partition coefficient (Wildman–Crippen LogP) is 5.06. The molecule has 3 aromatic rings. The lowest BCUT2D eigenvalue weighted by molar-refractivity contribution is -0.138. The highest BCUT2D eigenvalue weighted by Crippen LogP contribution is 2.29. The Balaban J connectivity index is 2.00. The fourth-order valence-corrected chi connectivity index (χ4v) is 4.53. The first-order valence-electron chi connectivity index (χ1n) is 12.2. The number of aromatic nitrogens is 2. The third-order valence-electron chi connectivity index (χ3n) is 6.51. The molecule has 190 valence electrons. The summed E-state index contributed by atoms with van der Waals surface area (Å²) < 4.78 is 1.46. The van der Waals surface area contributed by atoms with Gasteiger partial charge in [-0.15, -0.1) is 0 Å². The second kappa shape index (κ2) is 11.3. The second-order valence-corrected chi connectivity index (χ2v) is 9.96. The molecule has 0 aliphatic heterocycles. The number of benzene rings is 1. The van der Waals surface area contributed by atoms with Crippen molar-refractivity contribution in [3.05, 3.63) is 87.1 Å². The van der Waals surface area contributed by atoms with Crippen LogP contribution in [0.1, 0.15) is 66.6 Å². The van der Waals surface area contributed by atoms with Gasteiger partial charge in [0.05, 0.1) is 12.5 Å². The van der Waals surface area contributed by atoms with Crippen molar-refractivity contribution in [3.8, 4) is 11.1 Å². The summed E-state index contributed by atoms with van der Waals surface area (Å²) in [4.78, 5) is 42.5. The fourth-order valence-electron chi connectivity index (χ4n) is 4.53. The van der Waals surface area contributed by atoms with Gasteiger partial charge in [0.25, 0.3) is 5.56 Å². The zero-order valence-corrected chi connectivity index (χ0v) is 21.8. The van der Waals surface area contributed by atoms with E-state index in [1.165, 1.54) is 10.6 Å². The van der Waals surface area contributed by atoms with E-state index in [1.807, 2.05) is 65.8 Å². The van der Waals surface area contributed by atoms with Gasteiger partial charge < -0.3 is 15.0 Å². The van der Waals surface area contributed by atoms with E-state index in [0.29, 0.717) is 12.0 Å². The lowest BCUT2D eigenvalue weighted by Gasteiger charge is -2.25. The zero-order chi connectivity index (χ0) is 26.6. The van der Waals surface area contributed by atoms with Gasteiger partial charge >= 0.3 is 5.97 Å². The lowest BCUT2D eigenvalue weighted by atomic mass is 9.94. The van der Waals surface area contributed by atoms with E-state index in [1.54, 1.807) is 18.6 Å². The first-order chi connectivity index (χ1) is 17.0. The molecule has 36 heavy (non-hydrogen) atoms. The Morgan fingerprint density at radius 3 is 2.28 bits per heavy atom. The monoisotopic (exact) mass is 489 g/mol. The van der Waals surface area contributed by atoms with Crippen LogP contribution in [0.15, 0.2) is 53.7 Å². The number of nitrogens with zero attached hydrogens (tertiary/aromatic N) is 2. The lowest BCUT2D eigenvalue weighted by Crippen LogP contribution is -2.40. The van der Waals surface area contributed by atoms with Crippen molar-refractivity contribution in [1.82, 2.24) is 14.9 Å². The number of carbonyl (C=O) groups excluding carboxylic acids is 1. The molecule has 1 unspecified atom stereocenters. The smallest absolute Gasteiger partial charge is 0.305 e. The maximum Gasteiger partial charge on any atom is 0.305 e. The van der Waals surface area contributed by atoms with Crippen molar-refractivity contribution >= 4 is 11.9 Å². The molecule has 0 saturated heterocycles. The molecule has 0 saturated carbocycles. The van der Waals surface area contributed by atoms with Crippen LogP contribution in [-0.2, 0) is 9.59 Å². The van der Waals surface area contributed by atoms with Crippen LogP contribution in [0.25, 0.3) is 11.1 Å². The van der Waals surface area contributed by atoms with E-state index < -0.39 is 24.0 Å². The maximum atomic E-state index is 13.6. The molecule has 0 spiro atoms. The van der Waals surface area contributed by atoms with E-state index >= 15 is 0 Å². The average Bonchev–Trinajstić information content (AvgIpc) is 2.79. The number of carbonyl (C=O) groups is 2. The van der Waals surface area contributed by atoms with Gasteiger partial charge in [0.15, 0.2) is 0 Å². The Hall–Kier alpha value is -3.74. The van der Waals surface area contributed by atoms with E-state index in [4.69, 9.17) is 0 Å². The average molecular weight is 490 g/mol. The molecule has 2 atom stereocenters. The number of nitrogens with one attached hydrogen (secondary N) is 1. The highest BCUT2D eigenvalue weighted by atomic mass is 16.4. The molecule has 2 N–H and O–H groups in total.